The van der Waals surface area contributed by atoms with Gasteiger partial charge < -0.3 is 4.57 Å². The van der Waals surface area contributed by atoms with E-state index in [1.807, 2.05) is 22.8 Å². The van der Waals surface area contributed by atoms with E-state index in [2.05, 4.69) is 45.1 Å². The van der Waals surface area contributed by atoms with Crippen molar-refractivity contribution in [2.75, 3.05) is 0 Å². The van der Waals surface area contributed by atoms with Crippen molar-refractivity contribution in [3.63, 3.8) is 0 Å². The molecule has 0 N–H and O–H groups in total. The van der Waals surface area contributed by atoms with Crippen LogP contribution < -0.4 is 0 Å². The van der Waals surface area contributed by atoms with Gasteiger partial charge in [0.05, 0.1) is 17.9 Å². The predicted octanol–water partition coefficient (Wildman–Crippen LogP) is 3.90. The highest BCUT2D eigenvalue weighted by atomic mass is 35.5. The molecule has 1 aliphatic rings. The number of halogens is 1. The summed E-state index contributed by atoms with van der Waals surface area (Å²) in [6.45, 7) is 0.690. The fraction of sp³-hybridized carbons (Fsp3) is 0.0588. The summed E-state index contributed by atoms with van der Waals surface area (Å²) in [5.74, 6) is 0.920. The van der Waals surface area contributed by atoms with Crippen LogP contribution >= 0.6 is 11.6 Å². The third-order valence-corrected chi connectivity index (χ3v) is 4.46. The van der Waals surface area contributed by atoms with Gasteiger partial charge in [0.1, 0.15) is 6.33 Å². The molecular weight excluding hydrogens is 296 g/mol. The number of hydrogen-bond acceptors (Lipinski definition) is 2. The summed E-state index contributed by atoms with van der Waals surface area (Å²) in [5.41, 5.74) is 4.51. The third-order valence-electron chi connectivity index (χ3n) is 4.22. The molecule has 0 saturated carbocycles. The van der Waals surface area contributed by atoms with Gasteiger partial charge in [0.2, 0.25) is 0 Å². The maximum atomic E-state index is 6.25. The van der Waals surface area contributed by atoms with Gasteiger partial charge >= 0.3 is 0 Å². The Kier molecular flexibility index (Phi) is 2.30. The second kappa shape index (κ2) is 4.21. The van der Waals surface area contributed by atoms with Crippen molar-refractivity contribution in [3.8, 4) is 16.9 Å². The van der Waals surface area contributed by atoms with Crippen molar-refractivity contribution in [1.29, 1.82) is 0 Å². The fourth-order valence-corrected chi connectivity index (χ4v) is 3.41. The highest BCUT2D eigenvalue weighted by Crippen LogP contribution is 2.36. The molecule has 0 atom stereocenters. The Morgan fingerprint density at radius 3 is 2.91 bits per heavy atom. The molecule has 4 nitrogen and oxygen atoms in total. The van der Waals surface area contributed by atoms with Crippen molar-refractivity contribution in [1.82, 2.24) is 19.3 Å². The lowest BCUT2D eigenvalue weighted by molar-refractivity contribution is 0.767. The van der Waals surface area contributed by atoms with E-state index in [9.17, 15) is 0 Å². The molecular formula is C17H11ClN4. The number of rotatable bonds is 0. The van der Waals surface area contributed by atoms with Gasteiger partial charge in [0.15, 0.2) is 5.82 Å². The van der Waals surface area contributed by atoms with Gasteiger partial charge in [0, 0.05) is 21.5 Å². The number of aromatic nitrogens is 4. The van der Waals surface area contributed by atoms with Crippen molar-refractivity contribution in [2.45, 2.75) is 6.54 Å². The van der Waals surface area contributed by atoms with Crippen molar-refractivity contribution < 1.29 is 0 Å². The van der Waals surface area contributed by atoms with Gasteiger partial charge in [-0.1, -0.05) is 29.8 Å². The van der Waals surface area contributed by atoms with E-state index in [0.29, 0.717) is 6.54 Å². The normalized spacial score (nSPS) is 12.6. The van der Waals surface area contributed by atoms with Gasteiger partial charge in [-0.3, -0.25) is 4.57 Å². The zero-order chi connectivity index (χ0) is 14.7. The molecule has 0 amide bonds. The molecule has 0 radical (unpaired) electrons. The average molecular weight is 307 g/mol. The van der Waals surface area contributed by atoms with E-state index in [4.69, 9.17) is 11.6 Å². The lowest BCUT2D eigenvalue weighted by atomic mass is 10.1. The number of fused-ring (bicyclic) bond motifs is 7. The van der Waals surface area contributed by atoms with Crippen LogP contribution in [0.15, 0.2) is 54.9 Å². The van der Waals surface area contributed by atoms with Gasteiger partial charge in [-0.15, -0.1) is 10.2 Å². The van der Waals surface area contributed by atoms with Crippen LogP contribution in [-0.2, 0) is 6.54 Å². The molecule has 22 heavy (non-hydrogen) atoms. The average Bonchev–Trinajstić information content (AvgIpc) is 3.11. The van der Waals surface area contributed by atoms with E-state index in [0.717, 1.165) is 27.8 Å². The van der Waals surface area contributed by atoms with Crippen LogP contribution in [0, 0.1) is 0 Å². The quantitative estimate of drug-likeness (QED) is 0.435. The van der Waals surface area contributed by atoms with Crippen molar-refractivity contribution in [2.24, 2.45) is 0 Å². The van der Waals surface area contributed by atoms with E-state index in [1.54, 1.807) is 6.33 Å². The topological polar surface area (TPSA) is 35.6 Å². The number of benzene rings is 2. The van der Waals surface area contributed by atoms with Crippen LogP contribution in [0.4, 0.5) is 0 Å². The van der Waals surface area contributed by atoms with Crippen molar-refractivity contribution in [3.05, 3.63) is 65.7 Å². The lowest BCUT2D eigenvalue weighted by Crippen LogP contribution is -2.03. The third kappa shape index (κ3) is 1.53. The Morgan fingerprint density at radius 1 is 1.05 bits per heavy atom. The summed E-state index contributed by atoms with van der Waals surface area (Å²) >= 11 is 6.25. The maximum Gasteiger partial charge on any atom is 0.157 e. The first-order valence-electron chi connectivity index (χ1n) is 7.09. The Bertz CT molecular complexity index is 1030. The minimum atomic E-state index is 0.690. The summed E-state index contributed by atoms with van der Waals surface area (Å²) in [4.78, 5) is 0. The van der Waals surface area contributed by atoms with E-state index < -0.39 is 0 Å². The SMILES string of the molecule is Clc1ccc2c(c1)-c1cc3ccccc3n1Cc1nncn1-2. The van der Waals surface area contributed by atoms with E-state index in [-0.39, 0.29) is 0 Å². The van der Waals surface area contributed by atoms with Gasteiger partial charge in [-0.05, 0) is 30.3 Å². The monoisotopic (exact) mass is 306 g/mol. The summed E-state index contributed by atoms with van der Waals surface area (Å²) in [7, 11) is 0. The molecule has 5 heteroatoms. The highest BCUT2D eigenvalue weighted by molar-refractivity contribution is 6.31. The minimum Gasteiger partial charge on any atom is -0.333 e. The molecule has 2 aromatic carbocycles. The minimum absolute atomic E-state index is 0.690. The molecule has 5 rings (SSSR count). The molecule has 3 heterocycles. The molecule has 4 aromatic rings. The van der Waals surface area contributed by atoms with Crippen LogP contribution in [0.25, 0.3) is 27.8 Å². The van der Waals surface area contributed by atoms with E-state index in [1.165, 1.54) is 10.9 Å². The van der Waals surface area contributed by atoms with Crippen LogP contribution in [0.5, 0.6) is 0 Å². The molecule has 0 saturated heterocycles. The number of hydrogen-bond donors (Lipinski definition) is 0. The number of nitrogens with zero attached hydrogens (tertiary/aromatic N) is 4. The van der Waals surface area contributed by atoms with Gasteiger partial charge in [-0.25, -0.2) is 0 Å². The standard InChI is InChI=1S/C17H11ClN4/c18-12-5-6-15-13(8-12)16-7-11-3-1-2-4-14(11)21(16)9-17-20-19-10-22(15)17/h1-8,10H,9H2. The second-order valence-corrected chi connectivity index (χ2v) is 5.89. The molecule has 0 aliphatic carbocycles. The number of para-hydroxylation sites is 1. The van der Waals surface area contributed by atoms with Crippen LogP contribution in [0.1, 0.15) is 5.82 Å². The highest BCUT2D eigenvalue weighted by Gasteiger charge is 2.22. The molecule has 1 aliphatic heterocycles. The molecule has 0 unspecified atom stereocenters. The molecule has 0 fully saturated rings. The first-order valence-corrected chi connectivity index (χ1v) is 7.46. The van der Waals surface area contributed by atoms with Crippen LogP contribution in [-0.4, -0.2) is 19.3 Å². The summed E-state index contributed by atoms with van der Waals surface area (Å²) < 4.78 is 4.31. The smallest absolute Gasteiger partial charge is 0.157 e. The first kappa shape index (κ1) is 12.0. The zero-order valence-corrected chi connectivity index (χ0v) is 12.3. The molecule has 0 bridgehead atoms. The fourth-order valence-electron chi connectivity index (χ4n) is 3.24. The summed E-state index contributed by atoms with van der Waals surface area (Å²) in [6, 6.07) is 16.5. The molecule has 0 spiro atoms. The Labute approximate surface area is 131 Å². The zero-order valence-electron chi connectivity index (χ0n) is 11.6. The summed E-state index contributed by atoms with van der Waals surface area (Å²) in [6.07, 6.45) is 1.76. The van der Waals surface area contributed by atoms with Crippen molar-refractivity contribution >= 4 is 22.5 Å². The van der Waals surface area contributed by atoms with Gasteiger partial charge in [-0.2, -0.15) is 0 Å². The maximum absolute atomic E-state index is 6.25. The first-order chi connectivity index (χ1) is 10.8. The van der Waals surface area contributed by atoms with E-state index >= 15 is 0 Å². The Balaban J connectivity index is 1.95. The van der Waals surface area contributed by atoms with Crippen LogP contribution in [0.3, 0.4) is 0 Å². The second-order valence-electron chi connectivity index (χ2n) is 5.45. The van der Waals surface area contributed by atoms with Crippen LogP contribution in [0.2, 0.25) is 5.02 Å². The summed E-state index contributed by atoms with van der Waals surface area (Å²) in [5, 5.41) is 10.3. The molecule has 2 aromatic heterocycles. The lowest BCUT2D eigenvalue weighted by Gasteiger charge is -2.08. The largest absolute Gasteiger partial charge is 0.333 e. The van der Waals surface area contributed by atoms with Gasteiger partial charge in [0.25, 0.3) is 0 Å². The molecule has 106 valence electrons. The predicted molar refractivity (Wildman–Crippen MR) is 86.4 cm³/mol. The Hall–Kier alpha value is -2.59. The Morgan fingerprint density at radius 2 is 1.95 bits per heavy atom.